The maximum Gasteiger partial charge on any atom is 0.243 e. The Balaban J connectivity index is 1.90. The first kappa shape index (κ1) is 10.8. The predicted octanol–water partition coefficient (Wildman–Crippen LogP) is 1.55. The van der Waals surface area contributed by atoms with Gasteiger partial charge in [0.15, 0.2) is 5.65 Å². The normalized spacial score (nSPS) is 24.4. The summed E-state index contributed by atoms with van der Waals surface area (Å²) >= 11 is 5.91. The zero-order chi connectivity index (χ0) is 11.9. The van der Waals surface area contributed by atoms with Gasteiger partial charge in [-0.2, -0.15) is 4.98 Å². The number of nitrogens with one attached hydrogen (secondary N) is 2. The van der Waals surface area contributed by atoms with Crippen molar-refractivity contribution >= 4 is 23.2 Å². The van der Waals surface area contributed by atoms with Crippen molar-refractivity contribution < 1.29 is 0 Å². The van der Waals surface area contributed by atoms with Crippen LogP contribution in [0.5, 0.6) is 0 Å². The average Bonchev–Trinajstić information content (AvgIpc) is 2.84. The molecule has 0 bridgehead atoms. The molecule has 0 aliphatic carbocycles. The lowest BCUT2D eigenvalue weighted by molar-refractivity contribution is 0.561. The number of hydrogen-bond acceptors (Lipinski definition) is 4. The van der Waals surface area contributed by atoms with E-state index in [1.807, 2.05) is 12.1 Å². The van der Waals surface area contributed by atoms with Gasteiger partial charge in [0, 0.05) is 12.7 Å². The van der Waals surface area contributed by atoms with Gasteiger partial charge in [-0.15, -0.1) is 5.10 Å². The molecule has 0 spiro atoms. The molecule has 1 fully saturated rings. The second kappa shape index (κ2) is 3.85. The highest BCUT2D eigenvalue weighted by atomic mass is 35.5. The van der Waals surface area contributed by atoms with Crippen molar-refractivity contribution in [1.29, 1.82) is 0 Å². The van der Waals surface area contributed by atoms with E-state index in [1.54, 1.807) is 10.7 Å². The zero-order valence-electron chi connectivity index (χ0n) is 9.57. The third-order valence-corrected chi connectivity index (χ3v) is 3.30. The predicted molar refractivity (Wildman–Crippen MR) is 67.5 cm³/mol. The fourth-order valence-corrected chi connectivity index (χ4v) is 2.26. The summed E-state index contributed by atoms with van der Waals surface area (Å²) in [6, 6.07) is 3.67. The van der Waals surface area contributed by atoms with Crippen molar-refractivity contribution in [3.8, 4) is 0 Å². The maximum atomic E-state index is 5.91. The molecule has 0 radical (unpaired) electrons. The van der Waals surface area contributed by atoms with Crippen molar-refractivity contribution in [2.75, 3.05) is 18.4 Å². The molecule has 2 aromatic heterocycles. The van der Waals surface area contributed by atoms with Crippen molar-refractivity contribution in [1.82, 2.24) is 19.9 Å². The molecule has 3 heterocycles. The fraction of sp³-hybridized carbons (Fsp3) is 0.455. The molecule has 90 valence electrons. The summed E-state index contributed by atoms with van der Waals surface area (Å²) in [6.45, 7) is 4.14. The van der Waals surface area contributed by atoms with E-state index in [0.29, 0.717) is 11.0 Å². The highest BCUT2D eigenvalue weighted by Crippen LogP contribution is 2.19. The number of pyridine rings is 1. The van der Waals surface area contributed by atoms with Gasteiger partial charge in [-0.3, -0.25) is 0 Å². The Labute approximate surface area is 104 Å². The van der Waals surface area contributed by atoms with Crippen molar-refractivity contribution in [3.05, 3.63) is 23.4 Å². The number of fused-ring (bicyclic) bond motifs is 1. The molecule has 2 N–H and O–H groups in total. The van der Waals surface area contributed by atoms with Crippen LogP contribution in [0.3, 0.4) is 0 Å². The lowest BCUT2D eigenvalue weighted by Crippen LogP contribution is -2.37. The number of halogens is 1. The van der Waals surface area contributed by atoms with Crippen molar-refractivity contribution in [2.45, 2.75) is 18.9 Å². The number of hydrogen-bond donors (Lipinski definition) is 2. The van der Waals surface area contributed by atoms with Gasteiger partial charge in [-0.05, 0) is 32.0 Å². The van der Waals surface area contributed by atoms with Gasteiger partial charge < -0.3 is 10.6 Å². The molecule has 3 rings (SSSR count). The Kier molecular flexibility index (Phi) is 2.45. The van der Waals surface area contributed by atoms with Gasteiger partial charge in [-0.25, -0.2) is 4.52 Å². The monoisotopic (exact) mass is 251 g/mol. The Morgan fingerprint density at radius 1 is 1.53 bits per heavy atom. The second-order valence-electron chi connectivity index (χ2n) is 4.70. The van der Waals surface area contributed by atoms with E-state index < -0.39 is 0 Å². The first-order chi connectivity index (χ1) is 8.15. The van der Waals surface area contributed by atoms with Gasteiger partial charge >= 0.3 is 0 Å². The van der Waals surface area contributed by atoms with E-state index in [-0.39, 0.29) is 5.54 Å². The Hall–Kier alpha value is -1.33. The summed E-state index contributed by atoms with van der Waals surface area (Å²) in [5, 5.41) is 11.7. The van der Waals surface area contributed by atoms with Gasteiger partial charge in [0.05, 0.1) is 10.6 Å². The summed E-state index contributed by atoms with van der Waals surface area (Å²) in [4.78, 5) is 4.42. The van der Waals surface area contributed by atoms with Crippen LogP contribution in [-0.4, -0.2) is 33.2 Å². The molecule has 6 heteroatoms. The number of rotatable bonds is 2. The molecule has 0 aromatic carbocycles. The molecule has 1 aliphatic rings. The molecule has 5 nitrogen and oxygen atoms in total. The minimum atomic E-state index is 0.0364. The molecular formula is C11H14ClN5. The van der Waals surface area contributed by atoms with Crippen molar-refractivity contribution in [2.24, 2.45) is 0 Å². The van der Waals surface area contributed by atoms with Crippen LogP contribution in [0.2, 0.25) is 5.02 Å². The highest BCUT2D eigenvalue weighted by molar-refractivity contribution is 6.30. The van der Waals surface area contributed by atoms with E-state index >= 15 is 0 Å². The van der Waals surface area contributed by atoms with E-state index in [2.05, 4.69) is 27.6 Å². The van der Waals surface area contributed by atoms with Crippen LogP contribution in [-0.2, 0) is 0 Å². The van der Waals surface area contributed by atoms with Crippen LogP contribution in [0.15, 0.2) is 18.3 Å². The van der Waals surface area contributed by atoms with E-state index in [9.17, 15) is 0 Å². The summed E-state index contributed by atoms with van der Waals surface area (Å²) in [6.07, 6.45) is 2.83. The van der Waals surface area contributed by atoms with Gasteiger partial charge in [0.1, 0.15) is 0 Å². The Morgan fingerprint density at radius 2 is 2.41 bits per heavy atom. The smallest absolute Gasteiger partial charge is 0.243 e. The van der Waals surface area contributed by atoms with Gasteiger partial charge in [0.2, 0.25) is 5.95 Å². The minimum Gasteiger partial charge on any atom is -0.346 e. The molecular weight excluding hydrogens is 238 g/mol. The van der Waals surface area contributed by atoms with Crippen LogP contribution in [0.4, 0.5) is 5.95 Å². The largest absolute Gasteiger partial charge is 0.346 e. The zero-order valence-corrected chi connectivity index (χ0v) is 10.3. The Bertz CT molecular complexity index is 544. The first-order valence-corrected chi connectivity index (χ1v) is 6.03. The van der Waals surface area contributed by atoms with Gasteiger partial charge in [-0.1, -0.05) is 11.6 Å². The topological polar surface area (TPSA) is 54.2 Å². The standard InChI is InChI=1S/C11H14ClN5/c1-11(4-5-13-7-11)15-10-14-9-3-2-8(12)6-17(9)16-10/h2-3,6,13H,4-5,7H2,1H3,(H,15,16). The third-order valence-electron chi connectivity index (χ3n) is 3.08. The van der Waals surface area contributed by atoms with Gasteiger partial charge in [0.25, 0.3) is 0 Å². The molecule has 1 aliphatic heterocycles. The fourth-order valence-electron chi connectivity index (χ4n) is 2.10. The van der Waals surface area contributed by atoms with Crippen LogP contribution >= 0.6 is 11.6 Å². The molecule has 17 heavy (non-hydrogen) atoms. The number of nitrogens with zero attached hydrogens (tertiary/aromatic N) is 3. The SMILES string of the molecule is CC1(Nc2nc3ccc(Cl)cn3n2)CCNC1. The van der Waals surface area contributed by atoms with Crippen LogP contribution in [0.1, 0.15) is 13.3 Å². The first-order valence-electron chi connectivity index (χ1n) is 5.66. The second-order valence-corrected chi connectivity index (χ2v) is 5.13. The summed E-state index contributed by atoms with van der Waals surface area (Å²) in [7, 11) is 0. The molecule has 1 atom stereocenters. The molecule has 1 unspecified atom stereocenters. The van der Waals surface area contributed by atoms with E-state index in [0.717, 1.165) is 25.2 Å². The number of anilines is 1. The molecule has 1 saturated heterocycles. The van der Waals surface area contributed by atoms with Crippen molar-refractivity contribution in [3.63, 3.8) is 0 Å². The van der Waals surface area contributed by atoms with Crippen LogP contribution in [0.25, 0.3) is 5.65 Å². The highest BCUT2D eigenvalue weighted by Gasteiger charge is 2.29. The lowest BCUT2D eigenvalue weighted by Gasteiger charge is -2.23. The maximum absolute atomic E-state index is 5.91. The summed E-state index contributed by atoms with van der Waals surface area (Å²) in [5.74, 6) is 0.651. The molecule has 0 saturated carbocycles. The van der Waals surface area contributed by atoms with E-state index in [4.69, 9.17) is 11.6 Å². The summed E-state index contributed by atoms with van der Waals surface area (Å²) in [5.41, 5.74) is 0.834. The Morgan fingerprint density at radius 3 is 3.18 bits per heavy atom. The lowest BCUT2D eigenvalue weighted by atomic mass is 10.0. The average molecular weight is 252 g/mol. The summed E-state index contributed by atoms with van der Waals surface area (Å²) < 4.78 is 1.69. The number of aromatic nitrogens is 3. The quantitative estimate of drug-likeness (QED) is 0.850. The minimum absolute atomic E-state index is 0.0364. The van der Waals surface area contributed by atoms with Crippen LogP contribution in [0, 0.1) is 0 Å². The third kappa shape index (κ3) is 2.08. The molecule has 0 amide bonds. The van der Waals surface area contributed by atoms with E-state index in [1.165, 1.54) is 0 Å². The molecule has 2 aromatic rings. The van der Waals surface area contributed by atoms with Crippen LogP contribution < -0.4 is 10.6 Å².